The van der Waals surface area contributed by atoms with Crippen molar-refractivity contribution in [2.45, 2.75) is 22.6 Å². The van der Waals surface area contributed by atoms with Crippen LogP contribution in [0.5, 0.6) is 0 Å². The number of sulfone groups is 1. The molecule has 0 radical (unpaired) electrons. The quantitative estimate of drug-likeness (QED) is 0.906. The summed E-state index contributed by atoms with van der Waals surface area (Å²) in [7, 11) is -2.34. The monoisotopic (exact) mass is 291 g/mol. The van der Waals surface area contributed by atoms with E-state index >= 15 is 0 Å². The highest BCUT2D eigenvalue weighted by molar-refractivity contribution is 7.92. The summed E-state index contributed by atoms with van der Waals surface area (Å²) in [4.78, 5) is -0.608. The van der Waals surface area contributed by atoms with Crippen LogP contribution in [-0.2, 0) is 14.6 Å². The first-order valence-corrected chi connectivity index (χ1v) is 7.45. The van der Waals surface area contributed by atoms with E-state index in [1.165, 1.54) is 0 Å². The first-order valence-electron chi connectivity index (χ1n) is 5.91. The van der Waals surface area contributed by atoms with Crippen molar-refractivity contribution >= 4 is 9.84 Å². The third-order valence-electron chi connectivity index (χ3n) is 3.27. The molecule has 1 aromatic rings. The van der Waals surface area contributed by atoms with Gasteiger partial charge in [0.05, 0.1) is 6.61 Å². The molecule has 4 nitrogen and oxygen atoms in total. The van der Waals surface area contributed by atoms with Crippen molar-refractivity contribution in [3.63, 3.8) is 0 Å². The van der Waals surface area contributed by atoms with Crippen LogP contribution in [0.3, 0.4) is 0 Å². The van der Waals surface area contributed by atoms with Crippen LogP contribution >= 0.6 is 0 Å². The number of ether oxygens (including phenoxy) is 1. The lowest BCUT2D eigenvalue weighted by atomic mass is 10.1. The van der Waals surface area contributed by atoms with Gasteiger partial charge in [0.15, 0.2) is 9.84 Å². The summed E-state index contributed by atoms with van der Waals surface area (Å²) in [6.45, 7) is 0.424. The van der Waals surface area contributed by atoms with Gasteiger partial charge >= 0.3 is 0 Å². The van der Waals surface area contributed by atoms with Gasteiger partial charge in [-0.3, -0.25) is 0 Å². The van der Waals surface area contributed by atoms with Crippen molar-refractivity contribution in [3.05, 3.63) is 29.8 Å². The zero-order chi connectivity index (χ0) is 14.0. The molecule has 0 aliphatic carbocycles. The number of hydrogen-bond donors (Lipinski definition) is 1. The summed E-state index contributed by atoms with van der Waals surface area (Å²) in [5.41, 5.74) is 0. The molecule has 1 N–H and O–H groups in total. The zero-order valence-electron chi connectivity index (χ0n) is 10.4. The van der Waals surface area contributed by atoms with Gasteiger partial charge in [-0.05, 0) is 31.7 Å². The normalized spacial score (nSPS) is 24.4. The molecule has 19 heavy (non-hydrogen) atoms. The van der Waals surface area contributed by atoms with E-state index in [1.54, 1.807) is 7.05 Å². The summed E-state index contributed by atoms with van der Waals surface area (Å²) < 4.78 is 56.8. The molecular weight excluding hydrogens is 276 g/mol. The van der Waals surface area contributed by atoms with E-state index in [2.05, 4.69) is 5.32 Å². The predicted molar refractivity (Wildman–Crippen MR) is 65.6 cm³/mol. The molecule has 2 rings (SSSR count). The summed E-state index contributed by atoms with van der Waals surface area (Å²) in [6.07, 6.45) is 0.511. The van der Waals surface area contributed by atoms with Gasteiger partial charge in [-0.1, -0.05) is 0 Å². The molecule has 0 aromatic heterocycles. The Hall–Kier alpha value is -1.05. The number of rotatable bonds is 3. The van der Waals surface area contributed by atoms with Gasteiger partial charge in [0, 0.05) is 12.6 Å². The maximum atomic E-state index is 13.6. The molecule has 1 saturated heterocycles. The fraction of sp³-hybridized carbons (Fsp3) is 0.500. The Bertz CT molecular complexity index is 562. The largest absolute Gasteiger partial charge is 0.380 e. The number of hydrogen-bond acceptors (Lipinski definition) is 4. The molecule has 0 bridgehead atoms. The average molecular weight is 291 g/mol. The van der Waals surface area contributed by atoms with Gasteiger partial charge < -0.3 is 10.1 Å². The van der Waals surface area contributed by atoms with Crippen molar-refractivity contribution in [2.24, 2.45) is 0 Å². The Labute approximate surface area is 110 Å². The molecule has 2 unspecified atom stereocenters. The third kappa shape index (κ3) is 2.77. The molecular formula is C12H15F2NO3S. The molecule has 0 saturated carbocycles. The Morgan fingerprint density at radius 1 is 1.37 bits per heavy atom. The first kappa shape index (κ1) is 14.4. The van der Waals surface area contributed by atoms with Gasteiger partial charge in [0.1, 0.15) is 21.8 Å². The summed E-state index contributed by atoms with van der Waals surface area (Å²) in [6, 6.07) is 2.09. The van der Waals surface area contributed by atoms with Crippen LogP contribution in [0.15, 0.2) is 23.1 Å². The predicted octanol–water partition coefficient (Wildman–Crippen LogP) is 1.12. The van der Waals surface area contributed by atoms with Gasteiger partial charge in [-0.15, -0.1) is 0 Å². The minimum Gasteiger partial charge on any atom is -0.380 e. The molecule has 1 aromatic carbocycles. The topological polar surface area (TPSA) is 55.4 Å². The second-order valence-electron chi connectivity index (χ2n) is 4.42. The lowest BCUT2D eigenvalue weighted by Gasteiger charge is -2.30. The molecule has 0 spiro atoms. The molecule has 1 heterocycles. The van der Waals surface area contributed by atoms with E-state index in [9.17, 15) is 17.2 Å². The maximum Gasteiger partial charge on any atom is 0.188 e. The summed E-state index contributed by atoms with van der Waals surface area (Å²) >= 11 is 0. The van der Waals surface area contributed by atoms with E-state index < -0.39 is 31.6 Å². The zero-order valence-corrected chi connectivity index (χ0v) is 11.2. The van der Waals surface area contributed by atoms with Crippen LogP contribution in [0.2, 0.25) is 0 Å². The lowest BCUT2D eigenvalue weighted by Crippen LogP contribution is -2.49. The van der Waals surface area contributed by atoms with E-state index in [0.717, 1.165) is 12.1 Å². The Kier molecular flexibility index (Phi) is 4.17. The van der Waals surface area contributed by atoms with Crippen LogP contribution in [-0.4, -0.2) is 40.0 Å². The first-order chi connectivity index (χ1) is 8.96. The summed E-state index contributed by atoms with van der Waals surface area (Å²) in [5, 5.41) is 1.97. The maximum absolute atomic E-state index is 13.6. The van der Waals surface area contributed by atoms with Crippen LogP contribution in [0, 0.1) is 11.6 Å². The standard InChI is InChI=1S/C12H15F2NO3S/c1-15-10-4-5-18-7-12(10)19(16,17)11-6-8(13)2-3-9(11)14/h2-3,6,10,12,15H,4-5,7H2,1H3. The van der Waals surface area contributed by atoms with Crippen molar-refractivity contribution in [3.8, 4) is 0 Å². The van der Waals surface area contributed by atoms with Crippen LogP contribution < -0.4 is 5.32 Å². The summed E-state index contributed by atoms with van der Waals surface area (Å²) in [5.74, 6) is -1.72. The number of benzene rings is 1. The molecule has 2 atom stereocenters. The van der Waals surface area contributed by atoms with E-state index in [4.69, 9.17) is 4.74 Å². The lowest BCUT2D eigenvalue weighted by molar-refractivity contribution is 0.0825. The highest BCUT2D eigenvalue weighted by Gasteiger charge is 2.38. The highest BCUT2D eigenvalue weighted by Crippen LogP contribution is 2.25. The Morgan fingerprint density at radius 2 is 2.11 bits per heavy atom. The van der Waals surface area contributed by atoms with E-state index in [0.29, 0.717) is 19.1 Å². The third-order valence-corrected chi connectivity index (χ3v) is 5.46. The van der Waals surface area contributed by atoms with Crippen LogP contribution in [0.25, 0.3) is 0 Å². The minimum absolute atomic E-state index is 0.0240. The van der Waals surface area contributed by atoms with E-state index in [-0.39, 0.29) is 12.6 Å². The smallest absolute Gasteiger partial charge is 0.188 e. The van der Waals surface area contributed by atoms with Crippen LogP contribution in [0.4, 0.5) is 8.78 Å². The van der Waals surface area contributed by atoms with Crippen molar-refractivity contribution in [1.82, 2.24) is 5.32 Å². The molecule has 1 aliphatic heterocycles. The van der Waals surface area contributed by atoms with Gasteiger partial charge in [0.25, 0.3) is 0 Å². The van der Waals surface area contributed by atoms with Crippen LogP contribution in [0.1, 0.15) is 6.42 Å². The molecule has 1 aliphatic rings. The van der Waals surface area contributed by atoms with Crippen molar-refractivity contribution < 1.29 is 21.9 Å². The molecule has 1 fully saturated rings. The minimum atomic E-state index is -3.98. The Balaban J connectivity index is 2.43. The van der Waals surface area contributed by atoms with Gasteiger partial charge in [-0.2, -0.15) is 0 Å². The second kappa shape index (κ2) is 5.52. The number of nitrogens with one attached hydrogen (secondary N) is 1. The fourth-order valence-electron chi connectivity index (χ4n) is 2.21. The van der Waals surface area contributed by atoms with Gasteiger partial charge in [0.2, 0.25) is 0 Å². The van der Waals surface area contributed by atoms with Crippen molar-refractivity contribution in [1.29, 1.82) is 0 Å². The number of halogens is 2. The van der Waals surface area contributed by atoms with E-state index in [1.807, 2.05) is 0 Å². The SMILES string of the molecule is CNC1CCOCC1S(=O)(=O)c1cc(F)ccc1F. The Morgan fingerprint density at radius 3 is 2.79 bits per heavy atom. The van der Waals surface area contributed by atoms with Crippen molar-refractivity contribution in [2.75, 3.05) is 20.3 Å². The fourth-order valence-corrected chi connectivity index (χ4v) is 4.13. The average Bonchev–Trinajstić information content (AvgIpc) is 2.41. The highest BCUT2D eigenvalue weighted by atomic mass is 32.2. The molecule has 106 valence electrons. The second-order valence-corrected chi connectivity index (χ2v) is 6.55. The molecule has 0 amide bonds. The molecule has 7 heteroatoms. The van der Waals surface area contributed by atoms with Gasteiger partial charge in [-0.25, -0.2) is 17.2 Å².